The number of rotatable bonds is 5. The molecule has 1 aromatic heterocycles. The van der Waals surface area contributed by atoms with Crippen molar-refractivity contribution in [2.75, 3.05) is 0 Å². The molecule has 1 amide bonds. The highest BCUT2D eigenvalue weighted by molar-refractivity contribution is 6.07. The highest BCUT2D eigenvalue weighted by Gasteiger charge is 2.13. The van der Waals surface area contributed by atoms with Crippen molar-refractivity contribution in [3.8, 4) is 11.3 Å². The molecule has 0 saturated carbocycles. The number of carbonyl (C=O) groups is 1. The maximum Gasteiger partial charge on any atom is 0.271 e. The summed E-state index contributed by atoms with van der Waals surface area (Å²) < 4.78 is 5.72. The number of nitrogens with zero attached hydrogens (tertiary/aromatic N) is 2. The van der Waals surface area contributed by atoms with Gasteiger partial charge in [-0.1, -0.05) is 42.5 Å². The summed E-state index contributed by atoms with van der Waals surface area (Å²) in [4.78, 5) is 23.1. The molecule has 3 aromatic carbocycles. The van der Waals surface area contributed by atoms with Gasteiger partial charge < -0.3 is 4.42 Å². The summed E-state index contributed by atoms with van der Waals surface area (Å²) in [7, 11) is 0. The number of fused-ring (bicyclic) bond motifs is 1. The fourth-order valence-electron chi connectivity index (χ4n) is 3.19. The molecule has 0 aliphatic rings. The number of nitro benzene ring substituents is 1. The minimum absolute atomic E-state index is 0.00966. The Morgan fingerprint density at radius 3 is 2.70 bits per heavy atom. The number of benzene rings is 3. The summed E-state index contributed by atoms with van der Waals surface area (Å²) in [6.07, 6.45) is 1.39. The van der Waals surface area contributed by atoms with E-state index in [-0.39, 0.29) is 11.6 Å². The molecule has 1 N–H and O–H groups in total. The zero-order valence-corrected chi connectivity index (χ0v) is 16.0. The van der Waals surface area contributed by atoms with Gasteiger partial charge in [0, 0.05) is 23.3 Å². The Kier molecular flexibility index (Phi) is 5.09. The molecule has 7 nitrogen and oxygen atoms in total. The molecule has 1 heterocycles. The first-order chi connectivity index (χ1) is 14.5. The number of hydrogen-bond donors (Lipinski definition) is 1. The van der Waals surface area contributed by atoms with Gasteiger partial charge in [0.05, 0.1) is 11.1 Å². The minimum Gasteiger partial charge on any atom is -0.455 e. The summed E-state index contributed by atoms with van der Waals surface area (Å²) >= 11 is 0. The molecule has 0 unspecified atom stereocenters. The number of aryl methyl sites for hydroxylation is 1. The maximum atomic E-state index is 12.5. The second kappa shape index (κ2) is 8.00. The van der Waals surface area contributed by atoms with Crippen LogP contribution in [-0.4, -0.2) is 17.0 Å². The summed E-state index contributed by atoms with van der Waals surface area (Å²) in [6.45, 7) is 1.85. The molecule has 0 radical (unpaired) electrons. The van der Waals surface area contributed by atoms with Gasteiger partial charge in [0.25, 0.3) is 11.6 Å². The molecule has 0 fully saturated rings. The standard InChI is InChI=1S/C23H17N3O4/c1-15-9-10-17(26(28)29)13-21(15)22-12-11-18(30-22)14-24-25-23(27)20-8-4-6-16-5-2-3-7-19(16)20/h2-14H,1H3,(H,25,27)/b24-14-. The van der Waals surface area contributed by atoms with Crippen LogP contribution in [0.2, 0.25) is 0 Å². The number of furan rings is 1. The van der Waals surface area contributed by atoms with E-state index in [1.807, 2.05) is 43.3 Å². The zero-order valence-electron chi connectivity index (χ0n) is 16.0. The lowest BCUT2D eigenvalue weighted by Gasteiger charge is -2.04. The van der Waals surface area contributed by atoms with Crippen LogP contribution in [0.15, 0.2) is 82.3 Å². The van der Waals surface area contributed by atoms with Crippen molar-refractivity contribution in [2.45, 2.75) is 6.92 Å². The Morgan fingerprint density at radius 2 is 1.87 bits per heavy atom. The van der Waals surface area contributed by atoms with E-state index < -0.39 is 4.92 Å². The van der Waals surface area contributed by atoms with Crippen LogP contribution in [0.3, 0.4) is 0 Å². The average molecular weight is 399 g/mol. The number of non-ortho nitro benzene ring substituents is 1. The molecule has 0 bridgehead atoms. The highest BCUT2D eigenvalue weighted by Crippen LogP contribution is 2.28. The number of carbonyl (C=O) groups excluding carboxylic acids is 1. The molecule has 7 heteroatoms. The number of hydrazone groups is 1. The van der Waals surface area contributed by atoms with Gasteiger partial charge >= 0.3 is 0 Å². The van der Waals surface area contributed by atoms with Crippen LogP contribution in [0.25, 0.3) is 22.1 Å². The Labute approximate surface area is 171 Å². The number of amides is 1. The van der Waals surface area contributed by atoms with Crippen LogP contribution in [0.4, 0.5) is 5.69 Å². The van der Waals surface area contributed by atoms with Gasteiger partial charge in [-0.2, -0.15) is 5.10 Å². The molecule has 4 aromatic rings. The summed E-state index contributed by atoms with van der Waals surface area (Å²) in [5.74, 6) is 0.566. The Balaban J connectivity index is 1.51. The van der Waals surface area contributed by atoms with Gasteiger partial charge in [0.1, 0.15) is 11.5 Å². The first kappa shape index (κ1) is 19.1. The largest absolute Gasteiger partial charge is 0.455 e. The molecular weight excluding hydrogens is 382 g/mol. The fourth-order valence-corrected chi connectivity index (χ4v) is 3.19. The second-order valence-electron chi connectivity index (χ2n) is 6.68. The van der Waals surface area contributed by atoms with Crippen molar-refractivity contribution in [2.24, 2.45) is 5.10 Å². The smallest absolute Gasteiger partial charge is 0.271 e. The SMILES string of the molecule is Cc1ccc([N+](=O)[O-])cc1-c1ccc(/C=N\NC(=O)c2cccc3ccccc23)o1. The lowest BCUT2D eigenvalue weighted by molar-refractivity contribution is -0.384. The Hall–Kier alpha value is -4.26. The van der Waals surface area contributed by atoms with Crippen LogP contribution in [0, 0.1) is 17.0 Å². The van der Waals surface area contributed by atoms with E-state index in [0.717, 1.165) is 16.3 Å². The van der Waals surface area contributed by atoms with Crippen molar-refractivity contribution in [3.05, 3.63) is 99.8 Å². The maximum absolute atomic E-state index is 12.5. The minimum atomic E-state index is -0.447. The monoisotopic (exact) mass is 399 g/mol. The van der Waals surface area contributed by atoms with Crippen LogP contribution in [0.1, 0.15) is 21.7 Å². The molecule has 0 saturated heterocycles. The van der Waals surface area contributed by atoms with Crippen molar-refractivity contribution >= 4 is 28.6 Å². The lowest BCUT2D eigenvalue weighted by atomic mass is 10.0. The van der Waals surface area contributed by atoms with Gasteiger partial charge in [-0.15, -0.1) is 0 Å². The van der Waals surface area contributed by atoms with Gasteiger partial charge in [-0.25, -0.2) is 5.43 Å². The van der Waals surface area contributed by atoms with Crippen LogP contribution < -0.4 is 5.43 Å². The fraction of sp³-hybridized carbons (Fsp3) is 0.0435. The van der Waals surface area contributed by atoms with E-state index >= 15 is 0 Å². The molecule has 148 valence electrons. The van der Waals surface area contributed by atoms with Crippen molar-refractivity contribution in [1.82, 2.24) is 5.43 Å². The first-order valence-electron chi connectivity index (χ1n) is 9.19. The third-order valence-corrected chi connectivity index (χ3v) is 4.72. The summed E-state index contributed by atoms with van der Waals surface area (Å²) in [6, 6.07) is 21.1. The van der Waals surface area contributed by atoms with Crippen molar-refractivity contribution in [1.29, 1.82) is 0 Å². The third-order valence-electron chi connectivity index (χ3n) is 4.72. The third kappa shape index (κ3) is 3.81. The molecule has 0 atom stereocenters. The first-order valence-corrected chi connectivity index (χ1v) is 9.19. The summed E-state index contributed by atoms with van der Waals surface area (Å²) in [5.41, 5.74) is 4.50. The van der Waals surface area contributed by atoms with Gasteiger partial charge in [-0.3, -0.25) is 14.9 Å². The van der Waals surface area contributed by atoms with E-state index in [4.69, 9.17) is 4.42 Å². The van der Waals surface area contributed by atoms with E-state index in [9.17, 15) is 14.9 Å². The number of hydrogen-bond acceptors (Lipinski definition) is 5. The Morgan fingerprint density at radius 1 is 1.07 bits per heavy atom. The van der Waals surface area contributed by atoms with Gasteiger partial charge in [0.15, 0.2) is 0 Å². The number of nitrogens with one attached hydrogen (secondary N) is 1. The van der Waals surface area contributed by atoms with Gasteiger partial charge in [0.2, 0.25) is 0 Å². The molecule has 4 rings (SSSR count). The van der Waals surface area contributed by atoms with E-state index in [2.05, 4.69) is 10.5 Å². The van der Waals surface area contributed by atoms with Crippen LogP contribution in [-0.2, 0) is 0 Å². The predicted octanol–water partition coefficient (Wildman–Crippen LogP) is 5.08. The lowest BCUT2D eigenvalue weighted by Crippen LogP contribution is -2.17. The molecule has 0 aliphatic heterocycles. The molecule has 30 heavy (non-hydrogen) atoms. The highest BCUT2D eigenvalue weighted by atomic mass is 16.6. The quantitative estimate of drug-likeness (QED) is 0.287. The van der Waals surface area contributed by atoms with Gasteiger partial charge in [-0.05, 0) is 41.5 Å². The van der Waals surface area contributed by atoms with Crippen molar-refractivity contribution < 1.29 is 14.1 Å². The Bertz CT molecular complexity index is 1290. The van der Waals surface area contributed by atoms with Crippen molar-refractivity contribution in [3.63, 3.8) is 0 Å². The number of nitro groups is 1. The molecule has 0 spiro atoms. The van der Waals surface area contributed by atoms with E-state index in [0.29, 0.717) is 22.6 Å². The molecular formula is C23H17N3O4. The van der Waals surface area contributed by atoms with E-state index in [1.54, 1.807) is 24.3 Å². The average Bonchev–Trinajstić information content (AvgIpc) is 3.22. The second-order valence-corrected chi connectivity index (χ2v) is 6.68. The predicted molar refractivity (Wildman–Crippen MR) is 115 cm³/mol. The molecule has 0 aliphatic carbocycles. The van der Waals surface area contributed by atoms with E-state index in [1.165, 1.54) is 18.3 Å². The van der Waals surface area contributed by atoms with Crippen LogP contribution >= 0.6 is 0 Å². The van der Waals surface area contributed by atoms with Crippen LogP contribution in [0.5, 0.6) is 0 Å². The summed E-state index contributed by atoms with van der Waals surface area (Å²) in [5, 5.41) is 16.8. The normalized spacial score (nSPS) is 11.1. The topological polar surface area (TPSA) is 97.7 Å². The zero-order chi connectivity index (χ0) is 21.1.